The molecule has 8 heteroatoms. The van der Waals surface area contributed by atoms with Gasteiger partial charge in [-0.15, -0.1) is 21.5 Å². The minimum absolute atomic E-state index is 0.516. The van der Waals surface area contributed by atoms with E-state index in [2.05, 4.69) is 74.0 Å². The predicted octanol–water partition coefficient (Wildman–Crippen LogP) is 2.96. The van der Waals surface area contributed by atoms with Crippen molar-refractivity contribution in [3.05, 3.63) is 63.9 Å². The fourth-order valence-electron chi connectivity index (χ4n) is 3.58. The molecular formula is C22H29N7S. The molecule has 0 spiro atoms. The average molecular weight is 424 g/mol. The van der Waals surface area contributed by atoms with Gasteiger partial charge in [-0.3, -0.25) is 0 Å². The zero-order chi connectivity index (χ0) is 20.9. The van der Waals surface area contributed by atoms with Crippen molar-refractivity contribution in [3.63, 3.8) is 0 Å². The summed E-state index contributed by atoms with van der Waals surface area (Å²) in [5.74, 6) is 2.72. The van der Waals surface area contributed by atoms with E-state index >= 15 is 0 Å². The largest absolute Gasteiger partial charge is 0.368 e. The number of benzene rings is 1. The van der Waals surface area contributed by atoms with Gasteiger partial charge in [0.15, 0.2) is 11.8 Å². The molecule has 2 aromatic heterocycles. The molecule has 3 aromatic rings. The molecule has 0 atom stereocenters. The molecule has 0 aliphatic carbocycles. The molecule has 158 valence electrons. The number of aromatic nitrogens is 3. The van der Waals surface area contributed by atoms with Crippen LogP contribution in [0.1, 0.15) is 22.1 Å². The van der Waals surface area contributed by atoms with Crippen LogP contribution in [0.15, 0.2) is 46.8 Å². The zero-order valence-electron chi connectivity index (χ0n) is 17.9. The number of aliphatic imine (C=N–C) groups is 1. The van der Waals surface area contributed by atoms with Crippen molar-refractivity contribution in [2.24, 2.45) is 12.0 Å². The maximum absolute atomic E-state index is 4.90. The Balaban J connectivity index is 1.45. The predicted molar refractivity (Wildman–Crippen MR) is 123 cm³/mol. The molecule has 7 nitrogen and oxygen atoms in total. The van der Waals surface area contributed by atoms with E-state index in [0.29, 0.717) is 6.54 Å². The highest BCUT2D eigenvalue weighted by Crippen LogP contribution is 2.18. The Morgan fingerprint density at radius 1 is 1.10 bits per heavy atom. The normalized spacial score (nSPS) is 15.0. The maximum Gasteiger partial charge on any atom is 0.194 e. The molecule has 0 amide bonds. The first-order valence-electron chi connectivity index (χ1n) is 10.3. The van der Waals surface area contributed by atoms with Crippen LogP contribution in [0.3, 0.4) is 0 Å². The van der Waals surface area contributed by atoms with Crippen LogP contribution in [0, 0.1) is 13.8 Å². The molecule has 1 fully saturated rings. The van der Waals surface area contributed by atoms with Gasteiger partial charge in [-0.1, -0.05) is 18.2 Å². The topological polar surface area (TPSA) is 61.6 Å². The smallest absolute Gasteiger partial charge is 0.194 e. The quantitative estimate of drug-likeness (QED) is 0.505. The molecule has 0 bridgehead atoms. The lowest BCUT2D eigenvalue weighted by Crippen LogP contribution is -2.52. The van der Waals surface area contributed by atoms with E-state index in [-0.39, 0.29) is 0 Å². The van der Waals surface area contributed by atoms with E-state index in [1.807, 2.05) is 18.5 Å². The summed E-state index contributed by atoms with van der Waals surface area (Å²) in [7, 11) is 1.99. The number of hydrogen-bond acceptors (Lipinski definition) is 5. The number of nitrogens with one attached hydrogen (secondary N) is 1. The lowest BCUT2D eigenvalue weighted by Gasteiger charge is -2.38. The number of hydrogen-bond donors (Lipinski definition) is 1. The maximum atomic E-state index is 4.90. The third kappa shape index (κ3) is 4.81. The van der Waals surface area contributed by atoms with E-state index < -0.39 is 0 Å². The Morgan fingerprint density at radius 3 is 2.60 bits per heavy atom. The van der Waals surface area contributed by atoms with Crippen LogP contribution in [0.25, 0.3) is 0 Å². The Kier molecular flexibility index (Phi) is 6.32. The summed E-state index contributed by atoms with van der Waals surface area (Å²) in [6, 6.07) is 13.0. The number of guanidine groups is 1. The van der Waals surface area contributed by atoms with Gasteiger partial charge in [0.25, 0.3) is 0 Å². The summed E-state index contributed by atoms with van der Waals surface area (Å²) in [4.78, 5) is 11.0. The van der Waals surface area contributed by atoms with Gasteiger partial charge >= 0.3 is 0 Å². The summed E-state index contributed by atoms with van der Waals surface area (Å²) in [6.07, 6.45) is 0. The van der Waals surface area contributed by atoms with Gasteiger partial charge in [0.05, 0.1) is 6.54 Å². The number of rotatable bonds is 5. The lowest BCUT2D eigenvalue weighted by molar-refractivity contribution is 0.371. The van der Waals surface area contributed by atoms with E-state index in [0.717, 1.165) is 50.3 Å². The Labute approximate surface area is 182 Å². The fraction of sp³-hybridized carbons (Fsp3) is 0.409. The van der Waals surface area contributed by atoms with Crippen molar-refractivity contribution >= 4 is 23.0 Å². The van der Waals surface area contributed by atoms with Gasteiger partial charge in [0.1, 0.15) is 12.4 Å². The average Bonchev–Trinajstić information content (AvgIpc) is 3.39. The fourth-order valence-corrected chi connectivity index (χ4v) is 4.23. The minimum atomic E-state index is 0.516. The van der Waals surface area contributed by atoms with Crippen molar-refractivity contribution < 1.29 is 0 Å². The standard InChI is InChI=1S/C22H29N7S/c1-17-6-4-7-19(14-17)28-9-11-29(12-10-28)22(23-15-20-8-5-13-30-20)24-16-21-26-25-18(2)27(21)3/h4-8,13-14H,9-12,15-16H2,1-3H3,(H,23,24). The zero-order valence-corrected chi connectivity index (χ0v) is 18.7. The summed E-state index contributed by atoms with van der Waals surface area (Å²) < 4.78 is 2.00. The van der Waals surface area contributed by atoms with Crippen LogP contribution < -0.4 is 10.2 Å². The van der Waals surface area contributed by atoms with Gasteiger partial charge in [-0.25, -0.2) is 4.99 Å². The molecule has 30 heavy (non-hydrogen) atoms. The third-order valence-electron chi connectivity index (χ3n) is 5.50. The van der Waals surface area contributed by atoms with E-state index in [9.17, 15) is 0 Å². The minimum Gasteiger partial charge on any atom is -0.368 e. The van der Waals surface area contributed by atoms with Crippen LogP contribution in [-0.4, -0.2) is 51.8 Å². The number of piperazine rings is 1. The molecule has 1 saturated heterocycles. The molecule has 1 aliphatic rings. The van der Waals surface area contributed by atoms with Gasteiger partial charge in [-0.2, -0.15) is 0 Å². The van der Waals surface area contributed by atoms with Gasteiger partial charge in [0, 0.05) is 43.8 Å². The molecule has 1 aliphatic heterocycles. The molecular weight excluding hydrogens is 394 g/mol. The first-order valence-corrected chi connectivity index (χ1v) is 11.2. The first-order chi connectivity index (χ1) is 14.6. The van der Waals surface area contributed by atoms with Crippen molar-refractivity contribution in [2.75, 3.05) is 31.1 Å². The second kappa shape index (κ2) is 9.30. The third-order valence-corrected chi connectivity index (χ3v) is 6.38. The molecule has 4 rings (SSSR count). The van der Waals surface area contributed by atoms with Crippen LogP contribution in [0.2, 0.25) is 0 Å². The van der Waals surface area contributed by atoms with Crippen LogP contribution >= 0.6 is 11.3 Å². The van der Waals surface area contributed by atoms with E-state index in [1.165, 1.54) is 16.1 Å². The first kappa shape index (κ1) is 20.4. The Hall–Kier alpha value is -2.87. The summed E-state index contributed by atoms with van der Waals surface area (Å²) in [6.45, 7) is 9.23. The number of anilines is 1. The highest BCUT2D eigenvalue weighted by molar-refractivity contribution is 7.09. The summed E-state index contributed by atoms with van der Waals surface area (Å²) in [5.41, 5.74) is 2.60. The van der Waals surface area contributed by atoms with Gasteiger partial charge in [-0.05, 0) is 43.0 Å². The second-order valence-corrected chi connectivity index (χ2v) is 8.64. The monoisotopic (exact) mass is 423 g/mol. The Morgan fingerprint density at radius 2 is 1.93 bits per heavy atom. The lowest BCUT2D eigenvalue weighted by atomic mass is 10.2. The molecule has 0 saturated carbocycles. The molecule has 0 unspecified atom stereocenters. The van der Waals surface area contributed by atoms with E-state index in [4.69, 9.17) is 4.99 Å². The van der Waals surface area contributed by atoms with Gasteiger partial charge in [0.2, 0.25) is 0 Å². The number of thiophene rings is 1. The number of nitrogens with zero attached hydrogens (tertiary/aromatic N) is 6. The second-order valence-electron chi connectivity index (χ2n) is 7.61. The molecule has 0 radical (unpaired) electrons. The van der Waals surface area contributed by atoms with Crippen molar-refractivity contribution in [1.82, 2.24) is 25.0 Å². The molecule has 1 N–H and O–H groups in total. The summed E-state index contributed by atoms with van der Waals surface area (Å²) >= 11 is 1.76. The summed E-state index contributed by atoms with van der Waals surface area (Å²) in [5, 5.41) is 14.1. The highest BCUT2D eigenvalue weighted by atomic mass is 32.1. The van der Waals surface area contributed by atoms with Crippen LogP contribution in [0.4, 0.5) is 5.69 Å². The van der Waals surface area contributed by atoms with Crippen molar-refractivity contribution in [1.29, 1.82) is 0 Å². The van der Waals surface area contributed by atoms with Crippen molar-refractivity contribution in [3.8, 4) is 0 Å². The molecule has 1 aromatic carbocycles. The SMILES string of the molecule is Cc1cccc(N2CCN(C(=NCc3nnc(C)n3C)NCc3cccs3)CC2)c1. The number of aryl methyl sites for hydroxylation is 2. The van der Waals surface area contributed by atoms with Gasteiger partial charge < -0.3 is 19.7 Å². The van der Waals surface area contributed by atoms with Crippen molar-refractivity contribution in [2.45, 2.75) is 26.9 Å². The Bertz CT molecular complexity index is 985. The van der Waals surface area contributed by atoms with Crippen LogP contribution in [0.5, 0.6) is 0 Å². The highest BCUT2D eigenvalue weighted by Gasteiger charge is 2.20. The molecule has 3 heterocycles. The van der Waals surface area contributed by atoms with E-state index in [1.54, 1.807) is 11.3 Å². The van der Waals surface area contributed by atoms with Crippen LogP contribution in [-0.2, 0) is 20.1 Å².